The zero-order valence-corrected chi connectivity index (χ0v) is 11.0. The number of carbonyl (C=O) groups is 2. The van der Waals surface area contributed by atoms with E-state index in [2.05, 4.69) is 4.74 Å². The Labute approximate surface area is 116 Å². The van der Waals surface area contributed by atoms with Gasteiger partial charge in [-0.2, -0.15) is 0 Å². The van der Waals surface area contributed by atoms with Crippen molar-refractivity contribution >= 4 is 11.9 Å². The van der Waals surface area contributed by atoms with E-state index in [1.54, 1.807) is 18.2 Å². The molecule has 0 aliphatic rings. The van der Waals surface area contributed by atoms with E-state index in [1.807, 2.05) is 30.3 Å². The first-order valence-electron chi connectivity index (χ1n) is 6.10. The third-order valence-corrected chi connectivity index (χ3v) is 2.73. The van der Waals surface area contributed by atoms with Crippen LogP contribution in [0.2, 0.25) is 0 Å². The van der Waals surface area contributed by atoms with Crippen LogP contribution in [0.4, 0.5) is 0 Å². The molecule has 2 aromatic rings. The van der Waals surface area contributed by atoms with Crippen LogP contribution in [0.1, 0.15) is 26.3 Å². The van der Waals surface area contributed by atoms with E-state index >= 15 is 0 Å². The molecule has 0 aliphatic carbocycles. The van der Waals surface area contributed by atoms with Gasteiger partial charge in [-0.05, 0) is 23.8 Å². The van der Waals surface area contributed by atoms with Crippen LogP contribution in [0, 0.1) is 0 Å². The standard InChI is InChI=1S/C16H14O4/c1-19-15(17)13-8-5-9-14(10-13)16(18)20-11-12-6-3-2-4-7-12/h2-10H,11H2,1H3. The molecule has 2 rings (SSSR count). The van der Waals surface area contributed by atoms with E-state index in [0.717, 1.165) is 5.56 Å². The maximum absolute atomic E-state index is 11.9. The molecule has 4 heteroatoms. The number of carbonyl (C=O) groups excluding carboxylic acids is 2. The maximum atomic E-state index is 11.9. The monoisotopic (exact) mass is 270 g/mol. The Hall–Kier alpha value is -2.62. The van der Waals surface area contributed by atoms with Gasteiger partial charge in [-0.15, -0.1) is 0 Å². The topological polar surface area (TPSA) is 52.6 Å². The lowest BCUT2D eigenvalue weighted by Gasteiger charge is -2.06. The van der Waals surface area contributed by atoms with E-state index in [4.69, 9.17) is 4.74 Å². The summed E-state index contributed by atoms with van der Waals surface area (Å²) in [5.41, 5.74) is 1.55. The van der Waals surface area contributed by atoms with Gasteiger partial charge in [-0.1, -0.05) is 36.4 Å². The number of ether oxygens (including phenoxy) is 2. The number of hydrogen-bond acceptors (Lipinski definition) is 4. The minimum atomic E-state index is -0.484. The molecule has 0 atom stereocenters. The number of rotatable bonds is 4. The van der Waals surface area contributed by atoms with Crippen LogP contribution in [-0.2, 0) is 16.1 Å². The molecular weight excluding hydrogens is 256 g/mol. The maximum Gasteiger partial charge on any atom is 0.338 e. The third-order valence-electron chi connectivity index (χ3n) is 2.73. The molecule has 20 heavy (non-hydrogen) atoms. The minimum absolute atomic E-state index is 0.197. The molecule has 2 aromatic carbocycles. The lowest BCUT2D eigenvalue weighted by molar-refractivity contribution is 0.0472. The van der Waals surface area contributed by atoms with Crippen LogP contribution < -0.4 is 0 Å². The van der Waals surface area contributed by atoms with Gasteiger partial charge in [0.1, 0.15) is 6.61 Å². The van der Waals surface area contributed by atoms with Crippen LogP contribution >= 0.6 is 0 Å². The number of methoxy groups -OCH3 is 1. The molecule has 0 heterocycles. The number of hydrogen-bond donors (Lipinski definition) is 0. The summed E-state index contributed by atoms with van der Waals surface area (Å²) in [6.45, 7) is 0.197. The molecule has 0 radical (unpaired) electrons. The Morgan fingerprint density at radius 1 is 0.900 bits per heavy atom. The Morgan fingerprint density at radius 3 is 2.20 bits per heavy atom. The minimum Gasteiger partial charge on any atom is -0.465 e. The SMILES string of the molecule is COC(=O)c1cccc(C(=O)OCc2ccccc2)c1. The highest BCUT2D eigenvalue weighted by molar-refractivity contribution is 5.95. The second-order valence-electron chi connectivity index (χ2n) is 4.13. The normalized spacial score (nSPS) is 9.85. The van der Waals surface area contributed by atoms with Gasteiger partial charge in [0.15, 0.2) is 0 Å². The molecule has 0 N–H and O–H groups in total. The second-order valence-corrected chi connectivity index (χ2v) is 4.13. The van der Waals surface area contributed by atoms with Gasteiger partial charge in [0.25, 0.3) is 0 Å². The van der Waals surface area contributed by atoms with Gasteiger partial charge in [-0.3, -0.25) is 0 Å². The lowest BCUT2D eigenvalue weighted by Crippen LogP contribution is -2.08. The number of esters is 2. The lowest BCUT2D eigenvalue weighted by atomic mass is 10.1. The second kappa shape index (κ2) is 6.52. The predicted octanol–water partition coefficient (Wildman–Crippen LogP) is 2.83. The van der Waals surface area contributed by atoms with Crippen molar-refractivity contribution in [3.05, 3.63) is 71.3 Å². The van der Waals surface area contributed by atoms with Crippen LogP contribution in [0.25, 0.3) is 0 Å². The molecule has 0 saturated heterocycles. The van der Waals surface area contributed by atoms with Crippen LogP contribution in [0.15, 0.2) is 54.6 Å². The molecule has 0 spiro atoms. The average molecular weight is 270 g/mol. The fourth-order valence-electron chi connectivity index (χ4n) is 1.70. The van der Waals surface area contributed by atoms with Crippen molar-refractivity contribution in [2.24, 2.45) is 0 Å². The van der Waals surface area contributed by atoms with Crippen LogP contribution in [0.5, 0.6) is 0 Å². The highest BCUT2D eigenvalue weighted by Gasteiger charge is 2.11. The van der Waals surface area contributed by atoms with Gasteiger partial charge in [0.2, 0.25) is 0 Å². The fourth-order valence-corrected chi connectivity index (χ4v) is 1.70. The van der Waals surface area contributed by atoms with Gasteiger partial charge in [-0.25, -0.2) is 9.59 Å². The molecule has 102 valence electrons. The Bertz CT molecular complexity index is 605. The van der Waals surface area contributed by atoms with Crippen molar-refractivity contribution in [1.82, 2.24) is 0 Å². The molecule has 0 fully saturated rings. The fraction of sp³-hybridized carbons (Fsp3) is 0.125. The van der Waals surface area contributed by atoms with Crippen LogP contribution in [0.3, 0.4) is 0 Å². The van der Waals surface area contributed by atoms with E-state index < -0.39 is 11.9 Å². The summed E-state index contributed by atoms with van der Waals surface area (Å²) in [5.74, 6) is -0.956. The zero-order chi connectivity index (χ0) is 14.4. The third kappa shape index (κ3) is 3.45. The molecule has 4 nitrogen and oxygen atoms in total. The van der Waals surface area contributed by atoms with Gasteiger partial charge in [0, 0.05) is 0 Å². The largest absolute Gasteiger partial charge is 0.465 e. The van der Waals surface area contributed by atoms with Crippen LogP contribution in [-0.4, -0.2) is 19.0 Å². The quantitative estimate of drug-likeness (QED) is 0.802. The summed E-state index contributed by atoms with van der Waals surface area (Å²) >= 11 is 0. The molecular formula is C16H14O4. The molecule has 0 unspecified atom stereocenters. The first-order chi connectivity index (χ1) is 9.70. The summed E-state index contributed by atoms with van der Waals surface area (Å²) in [5, 5.41) is 0. The molecule has 0 amide bonds. The summed E-state index contributed by atoms with van der Waals surface area (Å²) in [6.07, 6.45) is 0. The molecule has 0 aliphatic heterocycles. The molecule has 0 saturated carbocycles. The van der Waals surface area contributed by atoms with Crippen molar-refractivity contribution in [3.63, 3.8) is 0 Å². The molecule has 0 bridgehead atoms. The highest BCUT2D eigenvalue weighted by Crippen LogP contribution is 2.10. The summed E-state index contributed by atoms with van der Waals surface area (Å²) < 4.78 is 9.80. The van der Waals surface area contributed by atoms with Crippen molar-refractivity contribution in [2.75, 3.05) is 7.11 Å². The smallest absolute Gasteiger partial charge is 0.338 e. The van der Waals surface area contributed by atoms with Gasteiger partial charge >= 0.3 is 11.9 Å². The van der Waals surface area contributed by atoms with Gasteiger partial charge in [0.05, 0.1) is 18.2 Å². The van der Waals surface area contributed by atoms with E-state index in [0.29, 0.717) is 11.1 Å². The van der Waals surface area contributed by atoms with Crippen molar-refractivity contribution in [3.8, 4) is 0 Å². The van der Waals surface area contributed by atoms with E-state index in [-0.39, 0.29) is 6.61 Å². The Balaban J connectivity index is 2.04. The van der Waals surface area contributed by atoms with Gasteiger partial charge < -0.3 is 9.47 Å². The predicted molar refractivity (Wildman–Crippen MR) is 73.3 cm³/mol. The summed E-state index contributed by atoms with van der Waals surface area (Å²) in [7, 11) is 1.29. The first kappa shape index (κ1) is 13.8. The van der Waals surface area contributed by atoms with Crippen molar-refractivity contribution in [1.29, 1.82) is 0 Å². The summed E-state index contributed by atoms with van der Waals surface area (Å²) in [6, 6.07) is 15.6. The Kier molecular flexibility index (Phi) is 4.50. The molecule has 0 aromatic heterocycles. The zero-order valence-electron chi connectivity index (χ0n) is 11.0. The summed E-state index contributed by atoms with van der Waals surface area (Å²) in [4.78, 5) is 23.3. The highest BCUT2D eigenvalue weighted by atomic mass is 16.5. The van der Waals surface area contributed by atoms with Crippen molar-refractivity contribution in [2.45, 2.75) is 6.61 Å². The van der Waals surface area contributed by atoms with E-state index in [9.17, 15) is 9.59 Å². The van der Waals surface area contributed by atoms with Crippen molar-refractivity contribution < 1.29 is 19.1 Å². The Morgan fingerprint density at radius 2 is 1.55 bits per heavy atom. The average Bonchev–Trinajstić information content (AvgIpc) is 2.53. The first-order valence-corrected chi connectivity index (χ1v) is 6.10. The number of benzene rings is 2. The van der Waals surface area contributed by atoms with E-state index in [1.165, 1.54) is 13.2 Å².